The zero-order valence-electron chi connectivity index (χ0n) is 21.3. The average Bonchev–Trinajstić information content (AvgIpc) is 3.20. The SMILES string of the molecule is COc1ccc2c3c1OC1C(OC(=O)C=CC(=O)NC(C(=O)O)C(C)C)=CC[C@@]4(O)[C@@H](C2)N(C)CC[C@]314. The van der Waals surface area contributed by atoms with Gasteiger partial charge in [-0.05, 0) is 50.1 Å². The molecule has 2 bridgehead atoms. The Morgan fingerprint density at radius 2 is 2.03 bits per heavy atom. The van der Waals surface area contributed by atoms with Crippen molar-refractivity contribution in [3.63, 3.8) is 0 Å². The summed E-state index contributed by atoms with van der Waals surface area (Å²) in [6.45, 7) is 4.09. The van der Waals surface area contributed by atoms with Gasteiger partial charge in [0.1, 0.15) is 11.8 Å². The number of piperidine rings is 1. The van der Waals surface area contributed by atoms with Gasteiger partial charge in [-0.2, -0.15) is 0 Å². The number of carboxylic acid groups (broad SMARTS) is 1. The first-order valence-electron chi connectivity index (χ1n) is 12.5. The van der Waals surface area contributed by atoms with Crippen LogP contribution < -0.4 is 14.8 Å². The summed E-state index contributed by atoms with van der Waals surface area (Å²) in [5.74, 6) is -1.60. The van der Waals surface area contributed by atoms with E-state index in [1.54, 1.807) is 27.0 Å². The second-order valence-electron chi connectivity index (χ2n) is 10.6. The summed E-state index contributed by atoms with van der Waals surface area (Å²) < 4.78 is 17.7. The van der Waals surface area contributed by atoms with E-state index in [2.05, 4.69) is 10.2 Å². The van der Waals surface area contributed by atoms with Crippen LogP contribution in [0.25, 0.3) is 0 Å². The molecule has 5 atom stereocenters. The molecule has 1 spiro atoms. The smallest absolute Gasteiger partial charge is 0.336 e. The molecule has 0 saturated carbocycles. The lowest BCUT2D eigenvalue weighted by atomic mass is 9.50. The molecular weight excluding hydrogens is 480 g/mol. The predicted molar refractivity (Wildman–Crippen MR) is 131 cm³/mol. The van der Waals surface area contributed by atoms with Gasteiger partial charge in [0.25, 0.3) is 0 Å². The highest BCUT2D eigenvalue weighted by Gasteiger charge is 2.72. The number of ether oxygens (including phenoxy) is 3. The van der Waals surface area contributed by atoms with Gasteiger partial charge in [-0.15, -0.1) is 0 Å². The minimum atomic E-state index is -1.16. The third-order valence-electron chi connectivity index (χ3n) is 8.38. The first-order chi connectivity index (χ1) is 17.5. The number of likely N-dealkylation sites (tertiary alicyclic amines) is 1. The number of esters is 1. The highest BCUT2D eigenvalue weighted by atomic mass is 16.6. The molecule has 3 N–H and O–H groups in total. The monoisotopic (exact) mass is 512 g/mol. The van der Waals surface area contributed by atoms with Crippen molar-refractivity contribution in [2.75, 3.05) is 20.7 Å². The molecule has 2 aliphatic heterocycles. The number of amides is 1. The van der Waals surface area contributed by atoms with Gasteiger partial charge < -0.3 is 34.6 Å². The fraction of sp³-hybridized carbons (Fsp3) is 0.519. The maximum Gasteiger partial charge on any atom is 0.336 e. The lowest BCUT2D eigenvalue weighted by Crippen LogP contribution is -2.74. The topological polar surface area (TPSA) is 135 Å². The van der Waals surface area contributed by atoms with Gasteiger partial charge in [-0.3, -0.25) is 4.79 Å². The molecule has 37 heavy (non-hydrogen) atoms. The van der Waals surface area contributed by atoms with Crippen LogP contribution in [0.2, 0.25) is 0 Å². The van der Waals surface area contributed by atoms with E-state index in [1.165, 1.54) is 0 Å². The predicted octanol–water partition coefficient (Wildman–Crippen LogP) is 1.30. The van der Waals surface area contributed by atoms with Crippen LogP contribution >= 0.6 is 0 Å². The average molecular weight is 513 g/mol. The Labute approximate surface area is 214 Å². The van der Waals surface area contributed by atoms with E-state index in [4.69, 9.17) is 14.2 Å². The molecule has 2 heterocycles. The summed E-state index contributed by atoms with van der Waals surface area (Å²) in [7, 11) is 3.58. The summed E-state index contributed by atoms with van der Waals surface area (Å²) >= 11 is 0. The number of nitrogens with zero attached hydrogens (tertiary/aromatic N) is 1. The van der Waals surface area contributed by atoms with Crippen molar-refractivity contribution < 1.29 is 38.8 Å². The Hall–Kier alpha value is -3.37. The third-order valence-corrected chi connectivity index (χ3v) is 8.38. The molecule has 1 saturated heterocycles. The largest absolute Gasteiger partial charge is 0.493 e. The second kappa shape index (κ2) is 8.88. The number of carboxylic acids is 1. The molecular formula is C27H32N2O8. The molecule has 1 fully saturated rings. The highest BCUT2D eigenvalue weighted by molar-refractivity contribution is 5.96. The summed E-state index contributed by atoms with van der Waals surface area (Å²) in [4.78, 5) is 38.4. The second-order valence-corrected chi connectivity index (χ2v) is 10.6. The number of carbonyl (C=O) groups is 3. The van der Waals surface area contributed by atoms with E-state index >= 15 is 0 Å². The molecule has 2 aliphatic carbocycles. The standard InChI is InChI=1S/C27H32N2O8/c1-14(2)22(25(32)33)28-19(30)7-8-20(31)36-17-9-10-27(34)18-13-15-5-6-16(35-4)23-21(15)26(27,24(17)37-23)11-12-29(18)3/h5-9,14,18,22,24,34H,10-13H2,1-4H3,(H,28,30)(H,32,33)/t18-,22?,24?,26+,27-/m1/s1. The number of aliphatic hydroxyl groups is 1. The number of aliphatic carboxylic acids is 1. The van der Waals surface area contributed by atoms with E-state index in [-0.39, 0.29) is 24.1 Å². The Morgan fingerprint density at radius 3 is 2.70 bits per heavy atom. The molecule has 10 nitrogen and oxygen atoms in total. The number of hydrogen-bond acceptors (Lipinski definition) is 8. The minimum absolute atomic E-state index is 0.126. The molecule has 1 aromatic rings. The number of benzene rings is 1. The summed E-state index contributed by atoms with van der Waals surface area (Å²) in [5, 5.41) is 23.8. The molecule has 10 heteroatoms. The van der Waals surface area contributed by atoms with Crippen LogP contribution in [-0.4, -0.2) is 77.4 Å². The van der Waals surface area contributed by atoms with E-state index in [9.17, 15) is 24.6 Å². The van der Waals surface area contributed by atoms with Gasteiger partial charge in [-0.25, -0.2) is 9.59 Å². The number of carbonyl (C=O) groups excluding carboxylic acids is 2. The molecule has 5 rings (SSSR count). The van der Waals surface area contributed by atoms with Crippen LogP contribution in [0.15, 0.2) is 36.1 Å². The van der Waals surface area contributed by atoms with Crippen molar-refractivity contribution in [1.29, 1.82) is 0 Å². The minimum Gasteiger partial charge on any atom is -0.493 e. The van der Waals surface area contributed by atoms with Gasteiger partial charge in [0.2, 0.25) is 5.91 Å². The summed E-state index contributed by atoms with van der Waals surface area (Å²) in [5.41, 5.74) is 0.0818. The van der Waals surface area contributed by atoms with Gasteiger partial charge in [0.05, 0.1) is 18.1 Å². The normalized spacial score (nSPS) is 30.3. The van der Waals surface area contributed by atoms with Gasteiger partial charge in [0.15, 0.2) is 17.6 Å². The van der Waals surface area contributed by atoms with E-state index in [0.29, 0.717) is 24.3 Å². The van der Waals surface area contributed by atoms with Gasteiger partial charge in [-0.1, -0.05) is 19.9 Å². The first-order valence-corrected chi connectivity index (χ1v) is 12.5. The van der Waals surface area contributed by atoms with Crippen LogP contribution in [0, 0.1) is 5.92 Å². The Morgan fingerprint density at radius 1 is 1.27 bits per heavy atom. The molecule has 0 aromatic heterocycles. The van der Waals surface area contributed by atoms with E-state index < -0.39 is 41.0 Å². The Bertz CT molecular complexity index is 1220. The van der Waals surface area contributed by atoms with Crippen molar-refractivity contribution in [1.82, 2.24) is 10.2 Å². The Balaban J connectivity index is 1.43. The number of hydrogen-bond donors (Lipinski definition) is 3. The molecule has 4 aliphatic rings. The first kappa shape index (κ1) is 25.3. The number of rotatable bonds is 7. The molecule has 1 aromatic carbocycles. The number of methoxy groups -OCH3 is 1. The zero-order valence-corrected chi connectivity index (χ0v) is 21.3. The van der Waals surface area contributed by atoms with Crippen LogP contribution in [0.4, 0.5) is 0 Å². The molecule has 2 unspecified atom stereocenters. The fourth-order valence-corrected chi connectivity index (χ4v) is 6.60. The third kappa shape index (κ3) is 3.65. The van der Waals surface area contributed by atoms with Crippen LogP contribution in [0.1, 0.15) is 37.8 Å². The van der Waals surface area contributed by atoms with Crippen molar-refractivity contribution >= 4 is 17.8 Å². The van der Waals surface area contributed by atoms with Gasteiger partial charge >= 0.3 is 11.9 Å². The fourth-order valence-electron chi connectivity index (χ4n) is 6.60. The maximum absolute atomic E-state index is 12.7. The van der Waals surface area contributed by atoms with Crippen molar-refractivity contribution in [2.45, 2.75) is 62.3 Å². The number of likely N-dealkylation sites (N-methyl/N-ethyl adjacent to an activating group) is 1. The quantitative estimate of drug-likeness (QED) is 0.365. The molecule has 1 amide bonds. The van der Waals surface area contributed by atoms with Crippen molar-refractivity contribution in [3.05, 3.63) is 47.2 Å². The lowest BCUT2D eigenvalue weighted by Gasteiger charge is -2.61. The highest BCUT2D eigenvalue weighted by Crippen LogP contribution is 2.65. The van der Waals surface area contributed by atoms with Crippen molar-refractivity contribution in [3.8, 4) is 11.5 Å². The van der Waals surface area contributed by atoms with Crippen LogP contribution in [0.5, 0.6) is 11.5 Å². The molecule has 198 valence electrons. The number of nitrogens with one attached hydrogen (secondary N) is 1. The van der Waals surface area contributed by atoms with E-state index in [0.717, 1.165) is 29.8 Å². The van der Waals surface area contributed by atoms with Crippen LogP contribution in [-0.2, 0) is 31.0 Å². The Kier molecular flexibility index (Phi) is 6.07. The van der Waals surface area contributed by atoms with E-state index in [1.807, 2.05) is 19.2 Å². The zero-order chi connectivity index (χ0) is 26.7. The molecule has 0 radical (unpaired) electrons. The van der Waals surface area contributed by atoms with Gasteiger partial charge in [0, 0.05) is 30.2 Å². The summed E-state index contributed by atoms with van der Waals surface area (Å²) in [6, 6.07) is 2.67. The lowest BCUT2D eigenvalue weighted by molar-refractivity contribution is -0.168. The summed E-state index contributed by atoms with van der Waals surface area (Å²) in [6.07, 6.45) is 4.43. The van der Waals surface area contributed by atoms with Crippen molar-refractivity contribution in [2.24, 2.45) is 5.92 Å². The maximum atomic E-state index is 12.7. The van der Waals surface area contributed by atoms with Crippen LogP contribution in [0.3, 0.4) is 0 Å².